The van der Waals surface area contributed by atoms with Gasteiger partial charge in [-0.25, -0.2) is 17.9 Å². The highest BCUT2D eigenvalue weighted by Crippen LogP contribution is 2.24. The maximum Gasteiger partial charge on any atom is 0.414 e. The molecule has 21 heavy (non-hydrogen) atoms. The van der Waals surface area contributed by atoms with E-state index >= 15 is 0 Å². The summed E-state index contributed by atoms with van der Waals surface area (Å²) in [4.78, 5) is 13.3. The molecule has 1 amide bonds. The molecule has 0 bridgehead atoms. The highest BCUT2D eigenvalue weighted by atomic mass is 35.5. The molecular weight excluding hydrogens is 316 g/mol. The number of nitrogens with zero attached hydrogens (tertiary/aromatic N) is 1. The Balaban J connectivity index is 1.97. The van der Waals surface area contributed by atoms with Crippen molar-refractivity contribution < 1.29 is 17.9 Å². The lowest BCUT2D eigenvalue weighted by atomic mass is 10.3. The van der Waals surface area contributed by atoms with Crippen LogP contribution < -0.4 is 9.62 Å². The lowest BCUT2D eigenvalue weighted by molar-refractivity contribution is 0.143. The fourth-order valence-electron chi connectivity index (χ4n) is 2.04. The summed E-state index contributed by atoms with van der Waals surface area (Å²) < 4.78 is 30.8. The molecule has 0 spiro atoms. The molecule has 0 aromatic heterocycles. The number of nitrogens with one attached hydrogen (secondary N) is 1. The number of benzene rings is 1. The van der Waals surface area contributed by atoms with Crippen molar-refractivity contribution in [2.24, 2.45) is 0 Å². The summed E-state index contributed by atoms with van der Waals surface area (Å²) in [5, 5.41) is 0.521. The number of carbonyl (C=O) groups excluding carboxylic acids is 1. The van der Waals surface area contributed by atoms with E-state index in [2.05, 4.69) is 4.72 Å². The van der Waals surface area contributed by atoms with Crippen molar-refractivity contribution in [3.05, 3.63) is 29.3 Å². The SMILES string of the molecule is CCCS(=O)(=O)NCC1CN(c2cccc(Cl)c2)C(=O)O1. The van der Waals surface area contributed by atoms with Gasteiger partial charge in [0.25, 0.3) is 0 Å². The van der Waals surface area contributed by atoms with Crippen LogP contribution in [0.4, 0.5) is 10.5 Å². The normalized spacial score (nSPS) is 18.9. The van der Waals surface area contributed by atoms with Gasteiger partial charge in [0.15, 0.2) is 0 Å². The van der Waals surface area contributed by atoms with Crippen LogP contribution in [-0.2, 0) is 14.8 Å². The Morgan fingerprint density at radius 3 is 2.90 bits per heavy atom. The van der Waals surface area contributed by atoms with Crippen LogP contribution in [0.3, 0.4) is 0 Å². The first-order valence-electron chi connectivity index (χ1n) is 6.62. The largest absolute Gasteiger partial charge is 0.443 e. The molecule has 1 saturated heterocycles. The summed E-state index contributed by atoms with van der Waals surface area (Å²) in [6.45, 7) is 2.15. The Hall–Kier alpha value is -1.31. The molecule has 1 aliphatic heterocycles. The second kappa shape index (κ2) is 6.64. The predicted molar refractivity (Wildman–Crippen MR) is 81.1 cm³/mol. The quantitative estimate of drug-likeness (QED) is 0.864. The third-order valence-electron chi connectivity index (χ3n) is 3.00. The zero-order valence-corrected chi connectivity index (χ0v) is 13.2. The molecular formula is C13H17ClN2O4S. The molecule has 0 radical (unpaired) electrons. The smallest absolute Gasteiger partial charge is 0.414 e. The van der Waals surface area contributed by atoms with Crippen LogP contribution in [0.1, 0.15) is 13.3 Å². The Labute approximate surface area is 129 Å². The number of hydrogen-bond acceptors (Lipinski definition) is 4. The van der Waals surface area contributed by atoms with Crippen LogP contribution >= 0.6 is 11.6 Å². The van der Waals surface area contributed by atoms with Gasteiger partial charge in [0.05, 0.1) is 12.3 Å². The molecule has 1 aliphatic rings. The Kier molecular flexibility index (Phi) is 5.08. The van der Waals surface area contributed by atoms with E-state index in [9.17, 15) is 13.2 Å². The highest BCUT2D eigenvalue weighted by Gasteiger charge is 2.32. The molecule has 1 aromatic rings. The van der Waals surface area contributed by atoms with Gasteiger partial charge in [-0.05, 0) is 24.6 Å². The number of amides is 1. The summed E-state index contributed by atoms with van der Waals surface area (Å²) in [5.74, 6) is 0.0612. The minimum atomic E-state index is -3.31. The summed E-state index contributed by atoms with van der Waals surface area (Å²) in [7, 11) is -3.31. The van der Waals surface area contributed by atoms with Crippen LogP contribution in [0.15, 0.2) is 24.3 Å². The van der Waals surface area contributed by atoms with E-state index in [1.54, 1.807) is 31.2 Å². The number of cyclic esters (lactones) is 1. The number of anilines is 1. The van der Waals surface area contributed by atoms with Crippen LogP contribution in [0.25, 0.3) is 0 Å². The third kappa shape index (κ3) is 4.33. The van der Waals surface area contributed by atoms with Crippen molar-refractivity contribution in [1.82, 2.24) is 4.72 Å². The van der Waals surface area contributed by atoms with Gasteiger partial charge in [-0.2, -0.15) is 0 Å². The minimum Gasteiger partial charge on any atom is -0.443 e. The first-order valence-corrected chi connectivity index (χ1v) is 8.65. The maximum atomic E-state index is 11.8. The van der Waals surface area contributed by atoms with Crippen molar-refractivity contribution in [1.29, 1.82) is 0 Å². The first-order chi connectivity index (χ1) is 9.91. The summed E-state index contributed by atoms with van der Waals surface area (Å²) >= 11 is 5.89. The van der Waals surface area contributed by atoms with Gasteiger partial charge in [-0.3, -0.25) is 4.90 Å². The third-order valence-corrected chi connectivity index (χ3v) is 4.79. The summed E-state index contributed by atoms with van der Waals surface area (Å²) in [6.07, 6.45) is -0.478. The van der Waals surface area contributed by atoms with Crippen LogP contribution in [0.5, 0.6) is 0 Å². The fourth-order valence-corrected chi connectivity index (χ4v) is 3.35. The number of sulfonamides is 1. The highest BCUT2D eigenvalue weighted by molar-refractivity contribution is 7.89. The van der Waals surface area contributed by atoms with Gasteiger partial charge < -0.3 is 4.74 Å². The molecule has 1 atom stereocenters. The van der Waals surface area contributed by atoms with Gasteiger partial charge in [-0.15, -0.1) is 0 Å². The monoisotopic (exact) mass is 332 g/mol. The number of carbonyl (C=O) groups is 1. The number of hydrogen-bond donors (Lipinski definition) is 1. The molecule has 2 rings (SSSR count). The van der Waals surface area contributed by atoms with Crippen molar-refractivity contribution in [3.8, 4) is 0 Å². The van der Waals surface area contributed by atoms with Crippen molar-refractivity contribution in [2.75, 3.05) is 23.7 Å². The molecule has 1 fully saturated rings. The molecule has 0 saturated carbocycles. The van der Waals surface area contributed by atoms with Crippen molar-refractivity contribution >= 4 is 33.4 Å². The topological polar surface area (TPSA) is 75.7 Å². The fraction of sp³-hybridized carbons (Fsp3) is 0.462. The molecule has 0 aliphatic carbocycles. The van der Waals surface area contributed by atoms with E-state index in [0.29, 0.717) is 17.1 Å². The molecule has 1 heterocycles. The van der Waals surface area contributed by atoms with Gasteiger partial charge in [0.1, 0.15) is 6.10 Å². The Bertz CT molecular complexity index is 620. The first kappa shape index (κ1) is 16.1. The van der Waals surface area contributed by atoms with Gasteiger partial charge in [-0.1, -0.05) is 24.6 Å². The summed E-state index contributed by atoms with van der Waals surface area (Å²) in [5.41, 5.74) is 0.631. The van der Waals surface area contributed by atoms with E-state index in [1.165, 1.54) is 4.90 Å². The zero-order chi connectivity index (χ0) is 15.5. The summed E-state index contributed by atoms with van der Waals surface area (Å²) in [6, 6.07) is 6.86. The Morgan fingerprint density at radius 2 is 2.24 bits per heavy atom. The van der Waals surface area contributed by atoms with E-state index in [-0.39, 0.29) is 18.8 Å². The maximum absolute atomic E-state index is 11.8. The van der Waals surface area contributed by atoms with Crippen molar-refractivity contribution in [3.63, 3.8) is 0 Å². The molecule has 116 valence electrons. The van der Waals surface area contributed by atoms with Gasteiger partial charge in [0, 0.05) is 17.3 Å². The lowest BCUT2D eigenvalue weighted by Gasteiger charge is -2.13. The minimum absolute atomic E-state index is 0.0612. The van der Waals surface area contributed by atoms with Crippen molar-refractivity contribution in [2.45, 2.75) is 19.4 Å². The van der Waals surface area contributed by atoms with Gasteiger partial charge >= 0.3 is 6.09 Å². The molecule has 1 aromatic carbocycles. The zero-order valence-electron chi connectivity index (χ0n) is 11.6. The second-order valence-corrected chi connectivity index (χ2v) is 7.13. The molecule has 1 N–H and O–H groups in total. The Morgan fingerprint density at radius 1 is 1.48 bits per heavy atom. The molecule has 8 heteroatoms. The van der Waals surface area contributed by atoms with Crippen LogP contribution in [0.2, 0.25) is 5.02 Å². The average Bonchev–Trinajstić information content (AvgIpc) is 2.78. The molecule has 1 unspecified atom stereocenters. The van der Waals surface area contributed by atoms with Crippen LogP contribution in [0, 0.1) is 0 Å². The number of halogens is 1. The average molecular weight is 333 g/mol. The van der Waals surface area contributed by atoms with E-state index in [0.717, 1.165) is 0 Å². The number of ether oxygens (including phenoxy) is 1. The van der Waals surface area contributed by atoms with E-state index < -0.39 is 22.2 Å². The number of rotatable bonds is 6. The standard InChI is InChI=1S/C13H17ClN2O4S/c1-2-6-21(18,19)15-8-12-9-16(13(17)20-12)11-5-3-4-10(14)7-11/h3-5,7,12,15H,2,6,8-9H2,1H3. The second-order valence-electron chi connectivity index (χ2n) is 4.76. The van der Waals surface area contributed by atoms with E-state index in [4.69, 9.17) is 16.3 Å². The molecule has 6 nitrogen and oxygen atoms in total. The van der Waals surface area contributed by atoms with Gasteiger partial charge in [0.2, 0.25) is 10.0 Å². The van der Waals surface area contributed by atoms with E-state index in [1.807, 2.05) is 0 Å². The lowest BCUT2D eigenvalue weighted by Crippen LogP contribution is -2.35. The predicted octanol–water partition coefficient (Wildman–Crippen LogP) is 1.99. The van der Waals surface area contributed by atoms with Crippen LogP contribution in [-0.4, -0.2) is 39.5 Å².